The van der Waals surface area contributed by atoms with Crippen molar-refractivity contribution in [3.63, 3.8) is 0 Å². The van der Waals surface area contributed by atoms with E-state index in [1.165, 1.54) is 26.6 Å². The highest BCUT2D eigenvalue weighted by molar-refractivity contribution is 6.36. The first-order chi connectivity index (χ1) is 8.22. The molecule has 0 aliphatic heterocycles. The zero-order valence-corrected chi connectivity index (χ0v) is 9.31. The average Bonchev–Trinajstić information content (AvgIpc) is 2.81. The lowest BCUT2D eigenvalue weighted by atomic mass is 10.1. The van der Waals surface area contributed by atoms with Crippen molar-refractivity contribution >= 4 is 23.0 Å². The molecule has 0 atom stereocenters. The molecular formula is C11H10N2O4. The van der Waals surface area contributed by atoms with Crippen LogP contribution in [-0.4, -0.2) is 36.3 Å². The van der Waals surface area contributed by atoms with E-state index in [1.54, 1.807) is 0 Å². The molecular weight excluding hydrogens is 224 g/mol. The van der Waals surface area contributed by atoms with E-state index in [0.717, 1.165) is 0 Å². The predicted octanol–water partition coefficient (Wildman–Crippen LogP) is 0.962. The molecule has 17 heavy (non-hydrogen) atoms. The maximum Gasteiger partial charge on any atom is 0.238 e. The van der Waals surface area contributed by atoms with Gasteiger partial charge in [-0.1, -0.05) is 0 Å². The second-order valence-corrected chi connectivity index (χ2v) is 3.27. The molecule has 0 amide bonds. The Morgan fingerprint density at radius 1 is 1.41 bits per heavy atom. The number of Topliss-reactive ketones (excluding diaryl/α,β-unsaturated/α-hetero) is 1. The standard InChI is InChI=1S/C11H10N2O4/c1-16-8-4-13-11(17-2)10-9(8)6(3-12-10)7(15)5-14/h3-5,12H,1-2H3. The number of carbonyl (C=O) groups is 2. The molecule has 2 aromatic heterocycles. The van der Waals surface area contributed by atoms with Gasteiger partial charge in [-0.3, -0.25) is 9.59 Å². The zero-order valence-electron chi connectivity index (χ0n) is 9.31. The Labute approximate surface area is 96.6 Å². The van der Waals surface area contributed by atoms with Gasteiger partial charge in [-0.25, -0.2) is 4.98 Å². The number of H-pyrrole nitrogens is 1. The van der Waals surface area contributed by atoms with Crippen LogP contribution in [0.1, 0.15) is 10.4 Å². The van der Waals surface area contributed by atoms with Crippen LogP contribution in [0.2, 0.25) is 0 Å². The zero-order chi connectivity index (χ0) is 12.4. The molecule has 6 heteroatoms. The summed E-state index contributed by atoms with van der Waals surface area (Å²) in [6.07, 6.45) is 3.14. The van der Waals surface area contributed by atoms with E-state index >= 15 is 0 Å². The van der Waals surface area contributed by atoms with Crippen molar-refractivity contribution in [3.8, 4) is 11.6 Å². The second kappa shape index (κ2) is 4.25. The summed E-state index contributed by atoms with van der Waals surface area (Å²) in [7, 11) is 2.93. The number of aldehydes is 1. The molecule has 0 unspecified atom stereocenters. The fraction of sp³-hybridized carbons (Fsp3) is 0.182. The Balaban J connectivity index is 2.80. The van der Waals surface area contributed by atoms with E-state index in [4.69, 9.17) is 9.47 Å². The van der Waals surface area contributed by atoms with Gasteiger partial charge in [0.1, 0.15) is 11.3 Å². The van der Waals surface area contributed by atoms with E-state index in [1.807, 2.05) is 0 Å². The number of hydrogen-bond donors (Lipinski definition) is 1. The summed E-state index contributed by atoms with van der Waals surface area (Å²) < 4.78 is 10.2. The van der Waals surface area contributed by atoms with Gasteiger partial charge >= 0.3 is 0 Å². The molecule has 0 fully saturated rings. The highest BCUT2D eigenvalue weighted by Crippen LogP contribution is 2.32. The minimum Gasteiger partial charge on any atom is -0.494 e. The highest BCUT2D eigenvalue weighted by Gasteiger charge is 2.18. The van der Waals surface area contributed by atoms with E-state index < -0.39 is 5.78 Å². The van der Waals surface area contributed by atoms with Crippen LogP contribution in [0, 0.1) is 0 Å². The van der Waals surface area contributed by atoms with Crippen molar-refractivity contribution in [1.82, 2.24) is 9.97 Å². The quantitative estimate of drug-likeness (QED) is 0.484. The number of pyridine rings is 1. The summed E-state index contributed by atoms with van der Waals surface area (Å²) in [6, 6.07) is 0. The number of nitrogens with zero attached hydrogens (tertiary/aromatic N) is 1. The molecule has 6 nitrogen and oxygen atoms in total. The van der Waals surface area contributed by atoms with Crippen LogP contribution in [0.15, 0.2) is 12.4 Å². The molecule has 0 spiro atoms. The molecule has 0 radical (unpaired) electrons. The molecule has 0 aliphatic carbocycles. The van der Waals surface area contributed by atoms with Crippen LogP contribution in [0.3, 0.4) is 0 Å². The first kappa shape index (κ1) is 11.1. The van der Waals surface area contributed by atoms with Crippen LogP contribution < -0.4 is 9.47 Å². The largest absolute Gasteiger partial charge is 0.494 e. The van der Waals surface area contributed by atoms with Gasteiger partial charge in [0.2, 0.25) is 11.7 Å². The minimum atomic E-state index is -0.622. The monoisotopic (exact) mass is 234 g/mol. The number of nitrogens with one attached hydrogen (secondary N) is 1. The second-order valence-electron chi connectivity index (χ2n) is 3.27. The number of rotatable bonds is 4. The lowest BCUT2D eigenvalue weighted by Gasteiger charge is -2.05. The van der Waals surface area contributed by atoms with Crippen molar-refractivity contribution in [3.05, 3.63) is 18.0 Å². The third-order valence-electron chi connectivity index (χ3n) is 2.43. The summed E-state index contributed by atoms with van der Waals surface area (Å²) in [6.45, 7) is 0. The van der Waals surface area contributed by atoms with Gasteiger partial charge in [-0.05, 0) is 0 Å². The summed E-state index contributed by atoms with van der Waals surface area (Å²) in [4.78, 5) is 28.9. The Morgan fingerprint density at radius 3 is 2.76 bits per heavy atom. The summed E-state index contributed by atoms with van der Waals surface area (Å²) in [5.41, 5.74) is 0.768. The third-order valence-corrected chi connectivity index (χ3v) is 2.43. The van der Waals surface area contributed by atoms with Crippen molar-refractivity contribution < 1.29 is 19.1 Å². The van der Waals surface area contributed by atoms with Crippen molar-refractivity contribution in [2.24, 2.45) is 0 Å². The Morgan fingerprint density at radius 2 is 2.18 bits per heavy atom. The lowest BCUT2D eigenvalue weighted by molar-refractivity contribution is -0.104. The summed E-state index contributed by atoms with van der Waals surface area (Å²) >= 11 is 0. The average molecular weight is 234 g/mol. The Kier molecular flexibility index (Phi) is 2.78. The predicted molar refractivity (Wildman–Crippen MR) is 59.6 cm³/mol. The van der Waals surface area contributed by atoms with Crippen LogP contribution in [0.25, 0.3) is 10.9 Å². The Hall–Kier alpha value is -2.37. The molecule has 0 saturated heterocycles. The molecule has 2 heterocycles. The molecule has 0 saturated carbocycles. The number of ketones is 1. The van der Waals surface area contributed by atoms with Crippen LogP contribution in [0.5, 0.6) is 11.6 Å². The molecule has 88 valence electrons. The van der Waals surface area contributed by atoms with Gasteiger partial charge in [-0.15, -0.1) is 0 Å². The number of aromatic nitrogens is 2. The van der Waals surface area contributed by atoms with E-state index in [0.29, 0.717) is 22.5 Å². The van der Waals surface area contributed by atoms with Gasteiger partial charge in [0.05, 0.1) is 31.4 Å². The molecule has 0 aromatic carbocycles. The lowest BCUT2D eigenvalue weighted by Crippen LogP contribution is -1.99. The smallest absolute Gasteiger partial charge is 0.238 e. The first-order valence-corrected chi connectivity index (χ1v) is 4.80. The normalized spacial score (nSPS) is 10.2. The molecule has 1 N–H and O–H groups in total. The molecule has 0 bridgehead atoms. The van der Waals surface area contributed by atoms with Gasteiger partial charge in [0.15, 0.2) is 6.29 Å². The number of ether oxygens (including phenoxy) is 2. The van der Waals surface area contributed by atoms with Gasteiger partial charge in [-0.2, -0.15) is 0 Å². The summed E-state index contributed by atoms with van der Waals surface area (Å²) in [5, 5.41) is 0.497. The fourth-order valence-corrected chi connectivity index (χ4v) is 1.66. The topological polar surface area (TPSA) is 81.3 Å². The Bertz CT molecular complexity index is 588. The number of hydrogen-bond acceptors (Lipinski definition) is 5. The van der Waals surface area contributed by atoms with Crippen molar-refractivity contribution in [1.29, 1.82) is 0 Å². The highest BCUT2D eigenvalue weighted by atomic mass is 16.5. The van der Waals surface area contributed by atoms with Gasteiger partial charge in [0, 0.05) is 6.20 Å². The molecule has 2 rings (SSSR count). The van der Waals surface area contributed by atoms with Crippen LogP contribution in [-0.2, 0) is 4.79 Å². The SMILES string of the molecule is COc1ncc(OC)c2c(C(=O)C=O)c[nH]c12. The molecule has 0 aliphatic rings. The minimum absolute atomic E-state index is 0.243. The number of fused-ring (bicyclic) bond motifs is 1. The van der Waals surface area contributed by atoms with Crippen molar-refractivity contribution in [2.45, 2.75) is 0 Å². The first-order valence-electron chi connectivity index (χ1n) is 4.80. The van der Waals surface area contributed by atoms with Crippen molar-refractivity contribution in [2.75, 3.05) is 14.2 Å². The number of methoxy groups -OCH3 is 2. The maximum absolute atomic E-state index is 11.5. The van der Waals surface area contributed by atoms with E-state index in [-0.39, 0.29) is 11.8 Å². The van der Waals surface area contributed by atoms with E-state index in [2.05, 4.69) is 9.97 Å². The van der Waals surface area contributed by atoms with Gasteiger partial charge < -0.3 is 14.5 Å². The number of carbonyl (C=O) groups excluding carboxylic acids is 2. The van der Waals surface area contributed by atoms with Crippen LogP contribution in [0.4, 0.5) is 0 Å². The van der Waals surface area contributed by atoms with E-state index in [9.17, 15) is 9.59 Å². The third kappa shape index (κ3) is 1.63. The van der Waals surface area contributed by atoms with Crippen LogP contribution >= 0.6 is 0 Å². The molecule has 2 aromatic rings. The van der Waals surface area contributed by atoms with Gasteiger partial charge in [0.25, 0.3) is 0 Å². The fourth-order valence-electron chi connectivity index (χ4n) is 1.66. The maximum atomic E-state index is 11.5. The summed E-state index contributed by atoms with van der Waals surface area (Å²) in [5.74, 6) is 0.126. The number of aromatic amines is 1.